The molecule has 0 radical (unpaired) electrons. The first-order valence-corrected chi connectivity index (χ1v) is 7.32. The highest BCUT2D eigenvalue weighted by Crippen LogP contribution is 2.37. The van der Waals surface area contributed by atoms with Gasteiger partial charge in [0, 0.05) is 18.1 Å². The van der Waals surface area contributed by atoms with Crippen LogP contribution in [-0.4, -0.2) is 21.2 Å². The molecule has 7 heteroatoms. The van der Waals surface area contributed by atoms with Gasteiger partial charge in [0.2, 0.25) is 0 Å². The molecule has 0 saturated heterocycles. The maximum atomic E-state index is 11.0. The van der Waals surface area contributed by atoms with E-state index in [1.807, 2.05) is 0 Å². The van der Waals surface area contributed by atoms with E-state index in [1.54, 1.807) is 30.3 Å². The molecule has 23 heavy (non-hydrogen) atoms. The van der Waals surface area contributed by atoms with E-state index in [-0.39, 0.29) is 17.6 Å². The SMILES string of the molecule is O=C(S)N/N=C1\CC(c2ccc(O)cc2)Oc2cc(O)ccc21. The number of fused-ring (bicyclic) bond motifs is 1. The van der Waals surface area contributed by atoms with Crippen molar-refractivity contribution in [1.29, 1.82) is 0 Å². The Labute approximate surface area is 137 Å². The van der Waals surface area contributed by atoms with Crippen molar-refractivity contribution in [2.45, 2.75) is 12.5 Å². The first-order chi connectivity index (χ1) is 11.0. The summed E-state index contributed by atoms with van der Waals surface area (Å²) in [4.78, 5) is 11.0. The maximum Gasteiger partial charge on any atom is 0.296 e. The lowest BCUT2D eigenvalue weighted by Crippen LogP contribution is -2.23. The van der Waals surface area contributed by atoms with Crippen molar-refractivity contribution in [2.24, 2.45) is 5.10 Å². The van der Waals surface area contributed by atoms with Crippen molar-refractivity contribution in [3.8, 4) is 17.2 Å². The van der Waals surface area contributed by atoms with E-state index < -0.39 is 5.24 Å². The first kappa shape index (κ1) is 15.2. The van der Waals surface area contributed by atoms with Crippen LogP contribution >= 0.6 is 12.6 Å². The van der Waals surface area contributed by atoms with E-state index in [2.05, 4.69) is 23.2 Å². The number of phenolic OH excluding ortho intramolecular Hbond substituents is 2. The molecule has 3 rings (SSSR count). The molecule has 0 aliphatic carbocycles. The molecule has 1 aliphatic rings. The highest BCUT2D eigenvalue weighted by molar-refractivity contribution is 7.96. The Hall–Kier alpha value is -2.67. The zero-order valence-electron chi connectivity index (χ0n) is 11.9. The highest BCUT2D eigenvalue weighted by Gasteiger charge is 2.27. The average Bonchev–Trinajstić information content (AvgIpc) is 2.52. The number of nitrogens with zero attached hydrogens (tertiary/aromatic N) is 1. The predicted molar refractivity (Wildman–Crippen MR) is 88.3 cm³/mol. The van der Waals surface area contributed by atoms with Gasteiger partial charge in [0.1, 0.15) is 23.4 Å². The highest BCUT2D eigenvalue weighted by atomic mass is 32.1. The second-order valence-electron chi connectivity index (χ2n) is 5.06. The molecule has 0 spiro atoms. The summed E-state index contributed by atoms with van der Waals surface area (Å²) in [6, 6.07) is 11.4. The number of hydrogen-bond donors (Lipinski definition) is 4. The quantitative estimate of drug-likeness (QED) is 0.503. The van der Waals surface area contributed by atoms with Crippen LogP contribution < -0.4 is 10.2 Å². The molecule has 1 heterocycles. The van der Waals surface area contributed by atoms with Gasteiger partial charge in [-0.1, -0.05) is 24.8 Å². The number of aromatic hydroxyl groups is 2. The fourth-order valence-corrected chi connectivity index (χ4v) is 2.47. The monoisotopic (exact) mass is 330 g/mol. The minimum atomic E-state index is -0.564. The Morgan fingerprint density at radius 3 is 2.57 bits per heavy atom. The van der Waals surface area contributed by atoms with Crippen molar-refractivity contribution in [2.75, 3.05) is 0 Å². The molecule has 1 aliphatic heterocycles. The van der Waals surface area contributed by atoms with E-state index in [9.17, 15) is 15.0 Å². The predicted octanol–water partition coefficient (Wildman–Crippen LogP) is 2.97. The standard InChI is InChI=1S/C16H14N2O4S/c19-10-3-1-9(2-4-10)14-8-13(17-18-16(21)23)12-6-5-11(20)7-15(12)22-14/h1-7,14,19-20H,8H2,(H2,18,21,23)/b17-13+. The molecule has 0 bridgehead atoms. The van der Waals surface area contributed by atoms with Gasteiger partial charge in [-0.25, -0.2) is 5.43 Å². The summed E-state index contributed by atoms with van der Waals surface area (Å²) < 4.78 is 5.92. The van der Waals surface area contributed by atoms with Crippen LogP contribution in [0.1, 0.15) is 23.7 Å². The largest absolute Gasteiger partial charge is 0.508 e. The van der Waals surface area contributed by atoms with Crippen molar-refractivity contribution in [3.63, 3.8) is 0 Å². The van der Waals surface area contributed by atoms with Crippen molar-refractivity contribution < 1.29 is 19.7 Å². The lowest BCUT2D eigenvalue weighted by atomic mass is 9.95. The van der Waals surface area contributed by atoms with Gasteiger partial charge >= 0.3 is 0 Å². The maximum absolute atomic E-state index is 11.0. The summed E-state index contributed by atoms with van der Waals surface area (Å²) in [6.07, 6.45) is 0.0804. The Morgan fingerprint density at radius 2 is 1.87 bits per heavy atom. The zero-order chi connectivity index (χ0) is 16.4. The van der Waals surface area contributed by atoms with Crippen LogP contribution in [0.5, 0.6) is 17.2 Å². The smallest absolute Gasteiger partial charge is 0.296 e. The minimum absolute atomic E-state index is 0.0766. The number of phenols is 2. The Morgan fingerprint density at radius 1 is 1.17 bits per heavy atom. The molecule has 118 valence electrons. The van der Waals surface area contributed by atoms with Crippen LogP contribution in [0.15, 0.2) is 47.6 Å². The van der Waals surface area contributed by atoms with Gasteiger partial charge in [-0.05, 0) is 29.8 Å². The summed E-state index contributed by atoms with van der Waals surface area (Å²) in [7, 11) is 0. The molecule has 2 aromatic carbocycles. The third-order valence-electron chi connectivity index (χ3n) is 3.48. The summed E-state index contributed by atoms with van der Waals surface area (Å²) in [5.41, 5.74) is 4.47. The molecule has 2 aromatic rings. The number of nitrogens with one attached hydrogen (secondary N) is 1. The minimum Gasteiger partial charge on any atom is -0.508 e. The molecule has 3 N–H and O–H groups in total. The zero-order valence-corrected chi connectivity index (χ0v) is 12.8. The molecule has 1 unspecified atom stereocenters. The number of amides is 1. The number of benzene rings is 2. The third kappa shape index (κ3) is 3.40. The molecule has 6 nitrogen and oxygen atoms in total. The number of rotatable bonds is 2. The normalized spacial score (nSPS) is 18.1. The van der Waals surface area contributed by atoms with Crippen molar-refractivity contribution >= 4 is 23.6 Å². The third-order valence-corrected chi connectivity index (χ3v) is 3.58. The first-order valence-electron chi connectivity index (χ1n) is 6.87. The molecular weight excluding hydrogens is 316 g/mol. The van der Waals surface area contributed by atoms with Gasteiger partial charge in [0.25, 0.3) is 5.24 Å². The molecule has 1 atom stereocenters. The van der Waals surface area contributed by atoms with Gasteiger partial charge < -0.3 is 14.9 Å². The van der Waals surface area contributed by atoms with Crippen LogP contribution in [0.4, 0.5) is 4.79 Å². The van der Waals surface area contributed by atoms with Crippen molar-refractivity contribution in [3.05, 3.63) is 53.6 Å². The Bertz CT molecular complexity index is 774. The number of hydrazone groups is 1. The van der Waals surface area contributed by atoms with Crippen LogP contribution in [0.2, 0.25) is 0 Å². The summed E-state index contributed by atoms with van der Waals surface area (Å²) in [6.45, 7) is 0. The molecule has 0 saturated carbocycles. The van der Waals surface area contributed by atoms with Crippen LogP contribution in [-0.2, 0) is 0 Å². The average molecular weight is 330 g/mol. The second-order valence-corrected chi connectivity index (χ2v) is 5.46. The van der Waals surface area contributed by atoms with Crippen LogP contribution in [0, 0.1) is 0 Å². The van der Waals surface area contributed by atoms with Gasteiger partial charge in [-0.15, -0.1) is 0 Å². The number of thiol groups is 1. The topological polar surface area (TPSA) is 91.2 Å². The van der Waals surface area contributed by atoms with Gasteiger partial charge in [-0.3, -0.25) is 4.79 Å². The van der Waals surface area contributed by atoms with E-state index in [0.717, 1.165) is 5.56 Å². The van der Waals surface area contributed by atoms with E-state index in [1.165, 1.54) is 12.1 Å². The molecule has 0 fully saturated rings. The lowest BCUT2D eigenvalue weighted by Gasteiger charge is -2.27. The van der Waals surface area contributed by atoms with Crippen molar-refractivity contribution in [1.82, 2.24) is 5.43 Å². The fraction of sp³-hybridized carbons (Fsp3) is 0.125. The van der Waals surface area contributed by atoms with E-state index in [4.69, 9.17) is 4.74 Å². The van der Waals surface area contributed by atoms with E-state index in [0.29, 0.717) is 23.4 Å². The van der Waals surface area contributed by atoms with E-state index >= 15 is 0 Å². The van der Waals surface area contributed by atoms with Gasteiger partial charge in [-0.2, -0.15) is 5.10 Å². The fourth-order valence-electron chi connectivity index (χ4n) is 2.42. The summed E-state index contributed by atoms with van der Waals surface area (Å²) in [5.74, 6) is 0.716. The lowest BCUT2D eigenvalue weighted by molar-refractivity contribution is 0.205. The molecule has 1 amide bonds. The van der Waals surface area contributed by atoms with Gasteiger partial charge in [0.05, 0.1) is 5.71 Å². The summed E-state index contributed by atoms with van der Waals surface area (Å²) in [5, 5.41) is 22.6. The molecule has 0 aromatic heterocycles. The second kappa shape index (κ2) is 6.21. The van der Waals surface area contributed by atoms with Crippen LogP contribution in [0.25, 0.3) is 0 Å². The number of ether oxygens (including phenoxy) is 1. The van der Waals surface area contributed by atoms with Gasteiger partial charge in [0.15, 0.2) is 0 Å². The van der Waals surface area contributed by atoms with Crippen LogP contribution in [0.3, 0.4) is 0 Å². The Kier molecular flexibility index (Phi) is 4.12. The Balaban J connectivity index is 1.99. The number of carbonyl (C=O) groups excluding carboxylic acids is 1. The number of carbonyl (C=O) groups is 1. The summed E-state index contributed by atoms with van der Waals surface area (Å²) >= 11 is 3.63. The number of hydrogen-bond acceptors (Lipinski definition) is 5. The molecular formula is C16H14N2O4S.